The second-order valence-corrected chi connectivity index (χ2v) is 5.63. The van der Waals surface area contributed by atoms with Gasteiger partial charge in [0.15, 0.2) is 0 Å². The molecule has 1 amide bonds. The van der Waals surface area contributed by atoms with E-state index in [0.29, 0.717) is 13.2 Å². The number of carbonyl (C=O) groups is 1. The lowest BCUT2D eigenvalue weighted by Gasteiger charge is -2.26. The Labute approximate surface area is 122 Å². The van der Waals surface area contributed by atoms with E-state index in [1.807, 2.05) is 30.0 Å². The minimum atomic E-state index is 0.0830. The molecule has 0 saturated carbocycles. The molecule has 0 spiro atoms. The van der Waals surface area contributed by atoms with E-state index in [1.165, 1.54) is 5.57 Å². The van der Waals surface area contributed by atoms with Gasteiger partial charge in [-0.05, 0) is 52.5 Å². The van der Waals surface area contributed by atoms with Gasteiger partial charge < -0.3 is 9.64 Å². The topological polar surface area (TPSA) is 29.5 Å². The smallest absolute Gasteiger partial charge is 0.255 e. The summed E-state index contributed by atoms with van der Waals surface area (Å²) >= 11 is 3.47. The van der Waals surface area contributed by atoms with E-state index < -0.39 is 0 Å². The second kappa shape index (κ2) is 6.35. The molecule has 0 aliphatic carbocycles. The van der Waals surface area contributed by atoms with Gasteiger partial charge in [0.05, 0.1) is 12.2 Å². The van der Waals surface area contributed by atoms with Crippen LogP contribution >= 0.6 is 15.9 Å². The van der Waals surface area contributed by atoms with Gasteiger partial charge in [0.2, 0.25) is 0 Å². The van der Waals surface area contributed by atoms with E-state index in [1.54, 1.807) is 7.11 Å². The molecule has 2 rings (SSSR count). The molecule has 0 bridgehead atoms. The van der Waals surface area contributed by atoms with Crippen LogP contribution in [0.25, 0.3) is 0 Å². The van der Waals surface area contributed by atoms with Crippen molar-refractivity contribution < 1.29 is 9.53 Å². The second-order valence-electron chi connectivity index (χ2n) is 4.78. The van der Waals surface area contributed by atoms with Crippen LogP contribution < -0.4 is 0 Å². The Morgan fingerprint density at radius 3 is 2.84 bits per heavy atom. The van der Waals surface area contributed by atoms with Crippen LogP contribution in [0.1, 0.15) is 22.3 Å². The number of methoxy groups -OCH3 is 1. The number of aryl methyl sites for hydroxylation is 1. The summed E-state index contributed by atoms with van der Waals surface area (Å²) in [7, 11) is 1.70. The Bertz CT molecular complexity index is 511. The van der Waals surface area contributed by atoms with Crippen LogP contribution in [-0.2, 0) is 4.74 Å². The van der Waals surface area contributed by atoms with Crippen LogP contribution in [0.3, 0.4) is 0 Å². The van der Waals surface area contributed by atoms with E-state index in [9.17, 15) is 4.79 Å². The largest absolute Gasteiger partial charge is 0.380 e. The summed E-state index contributed by atoms with van der Waals surface area (Å²) in [5.74, 6) is 0.0830. The minimum Gasteiger partial charge on any atom is -0.380 e. The van der Waals surface area contributed by atoms with Gasteiger partial charge in [0.1, 0.15) is 0 Å². The van der Waals surface area contributed by atoms with Crippen molar-refractivity contribution in [2.45, 2.75) is 13.3 Å². The van der Waals surface area contributed by atoms with Gasteiger partial charge in [-0.3, -0.25) is 4.79 Å². The van der Waals surface area contributed by atoms with E-state index >= 15 is 0 Å². The Morgan fingerprint density at radius 2 is 2.26 bits per heavy atom. The summed E-state index contributed by atoms with van der Waals surface area (Å²) in [6, 6.07) is 5.83. The number of ether oxygens (including phenoxy) is 1. The van der Waals surface area contributed by atoms with Crippen LogP contribution in [-0.4, -0.2) is 37.6 Å². The molecular weight excluding hydrogens is 306 g/mol. The van der Waals surface area contributed by atoms with Crippen LogP contribution in [0.15, 0.2) is 34.3 Å². The summed E-state index contributed by atoms with van der Waals surface area (Å²) in [4.78, 5) is 14.3. The van der Waals surface area contributed by atoms with E-state index in [0.717, 1.165) is 28.6 Å². The Hall–Kier alpha value is -1.13. The maximum atomic E-state index is 12.4. The lowest BCUT2D eigenvalue weighted by molar-refractivity contribution is 0.0764. The molecule has 3 nitrogen and oxygen atoms in total. The maximum Gasteiger partial charge on any atom is 0.255 e. The van der Waals surface area contributed by atoms with Crippen molar-refractivity contribution in [3.05, 3.63) is 45.4 Å². The van der Waals surface area contributed by atoms with Crippen molar-refractivity contribution in [1.29, 1.82) is 0 Å². The molecule has 1 heterocycles. The standard InChI is InChI=1S/C15H18BrNO2/c1-11-3-4-13(14(16)9-11)15(18)17-7-5-12(6-8-17)10-19-2/h3-5,9H,6-8,10H2,1-2H3. The first-order valence-corrected chi connectivity index (χ1v) is 7.13. The van der Waals surface area contributed by atoms with Crippen molar-refractivity contribution in [3.8, 4) is 0 Å². The average molecular weight is 324 g/mol. The predicted molar refractivity (Wildman–Crippen MR) is 79.4 cm³/mol. The quantitative estimate of drug-likeness (QED) is 0.799. The highest BCUT2D eigenvalue weighted by Crippen LogP contribution is 2.21. The monoisotopic (exact) mass is 323 g/mol. The van der Waals surface area contributed by atoms with Gasteiger partial charge >= 0.3 is 0 Å². The first kappa shape index (κ1) is 14.3. The SMILES string of the molecule is COCC1=CCN(C(=O)c2ccc(C)cc2Br)CC1. The highest BCUT2D eigenvalue weighted by Gasteiger charge is 2.20. The molecule has 0 aromatic heterocycles. The van der Waals surface area contributed by atoms with Gasteiger partial charge in [-0.15, -0.1) is 0 Å². The molecule has 0 atom stereocenters. The number of hydrogen-bond donors (Lipinski definition) is 0. The molecule has 1 aromatic rings. The average Bonchev–Trinajstić information content (AvgIpc) is 2.39. The van der Waals surface area contributed by atoms with Crippen molar-refractivity contribution in [2.75, 3.05) is 26.8 Å². The number of benzene rings is 1. The zero-order valence-electron chi connectivity index (χ0n) is 11.3. The molecule has 0 radical (unpaired) electrons. The summed E-state index contributed by atoms with van der Waals surface area (Å²) in [5, 5.41) is 0. The molecule has 0 saturated heterocycles. The molecule has 0 fully saturated rings. The van der Waals surface area contributed by atoms with Crippen molar-refractivity contribution in [2.24, 2.45) is 0 Å². The molecule has 19 heavy (non-hydrogen) atoms. The Kier molecular flexibility index (Phi) is 4.77. The van der Waals surface area contributed by atoms with E-state index in [2.05, 4.69) is 22.0 Å². The van der Waals surface area contributed by atoms with E-state index in [-0.39, 0.29) is 5.91 Å². The number of amides is 1. The number of carbonyl (C=O) groups excluding carboxylic acids is 1. The van der Waals surface area contributed by atoms with Gasteiger partial charge in [0.25, 0.3) is 5.91 Å². The molecule has 0 unspecified atom stereocenters. The molecule has 102 valence electrons. The molecule has 4 heteroatoms. The first-order valence-electron chi connectivity index (χ1n) is 6.34. The maximum absolute atomic E-state index is 12.4. The molecule has 0 N–H and O–H groups in total. The predicted octanol–water partition coefficient (Wildman–Crippen LogP) is 3.18. The molecule has 1 aromatic carbocycles. The van der Waals surface area contributed by atoms with Crippen LogP contribution in [0.5, 0.6) is 0 Å². The van der Waals surface area contributed by atoms with E-state index in [4.69, 9.17) is 4.74 Å². The number of nitrogens with zero attached hydrogens (tertiary/aromatic N) is 1. The van der Waals surface area contributed by atoms with Gasteiger partial charge in [-0.25, -0.2) is 0 Å². The minimum absolute atomic E-state index is 0.0830. The lowest BCUT2D eigenvalue weighted by Crippen LogP contribution is -2.35. The first-order chi connectivity index (χ1) is 9.11. The highest BCUT2D eigenvalue weighted by atomic mass is 79.9. The number of hydrogen-bond acceptors (Lipinski definition) is 2. The van der Waals surface area contributed by atoms with Crippen molar-refractivity contribution in [1.82, 2.24) is 4.90 Å². The normalized spacial score (nSPS) is 15.3. The molecular formula is C15H18BrNO2. The lowest BCUT2D eigenvalue weighted by atomic mass is 10.1. The number of rotatable bonds is 3. The van der Waals surface area contributed by atoms with Crippen LogP contribution in [0, 0.1) is 6.92 Å². The fourth-order valence-corrected chi connectivity index (χ4v) is 2.84. The summed E-state index contributed by atoms with van der Waals surface area (Å²) in [6.07, 6.45) is 2.98. The highest BCUT2D eigenvalue weighted by molar-refractivity contribution is 9.10. The van der Waals surface area contributed by atoms with Gasteiger partial charge in [-0.2, -0.15) is 0 Å². The van der Waals surface area contributed by atoms with Gasteiger partial charge in [-0.1, -0.05) is 12.1 Å². The molecule has 1 aliphatic heterocycles. The molecule has 1 aliphatic rings. The third-order valence-corrected chi connectivity index (χ3v) is 3.93. The third-order valence-electron chi connectivity index (χ3n) is 3.28. The fourth-order valence-electron chi connectivity index (χ4n) is 2.18. The third kappa shape index (κ3) is 3.45. The summed E-state index contributed by atoms with van der Waals surface area (Å²) in [5.41, 5.74) is 3.15. The number of halogens is 1. The Morgan fingerprint density at radius 1 is 1.47 bits per heavy atom. The van der Waals surface area contributed by atoms with Crippen LogP contribution in [0.2, 0.25) is 0 Å². The summed E-state index contributed by atoms with van der Waals surface area (Å²) in [6.45, 7) is 4.10. The fraction of sp³-hybridized carbons (Fsp3) is 0.400. The van der Waals surface area contributed by atoms with Crippen molar-refractivity contribution in [3.63, 3.8) is 0 Å². The van der Waals surface area contributed by atoms with Gasteiger partial charge in [0, 0.05) is 24.7 Å². The van der Waals surface area contributed by atoms with Crippen molar-refractivity contribution >= 4 is 21.8 Å². The zero-order valence-corrected chi connectivity index (χ0v) is 12.9. The Balaban J connectivity index is 2.09. The summed E-state index contributed by atoms with van der Waals surface area (Å²) < 4.78 is 5.98. The zero-order chi connectivity index (χ0) is 13.8. The van der Waals surface area contributed by atoms with Crippen LogP contribution in [0.4, 0.5) is 0 Å².